The zero-order chi connectivity index (χ0) is 20.0. The Morgan fingerprint density at radius 2 is 1.67 bits per heavy atom. The Balaban J connectivity index is 2.24. The van der Waals surface area contributed by atoms with Gasteiger partial charge in [-0.05, 0) is 44.4 Å². The first-order chi connectivity index (χ1) is 12.7. The molecule has 146 valence electrons. The first kappa shape index (κ1) is 20.9. The number of amides is 1. The van der Waals surface area contributed by atoms with E-state index in [2.05, 4.69) is 0 Å². The molecule has 0 saturated carbocycles. The van der Waals surface area contributed by atoms with Crippen LogP contribution in [0.4, 0.5) is 4.39 Å². The van der Waals surface area contributed by atoms with E-state index in [-0.39, 0.29) is 23.1 Å². The molecule has 6 nitrogen and oxygen atoms in total. The van der Waals surface area contributed by atoms with E-state index in [1.54, 1.807) is 23.1 Å². The average molecular weight is 394 g/mol. The topological polar surface area (TPSA) is 66.9 Å². The molecule has 2 aromatic rings. The molecule has 0 aromatic heterocycles. The maximum Gasteiger partial charge on any atom is 0.339 e. The van der Waals surface area contributed by atoms with E-state index in [9.17, 15) is 17.6 Å². The number of carbonyl (C=O) groups is 1. The summed E-state index contributed by atoms with van der Waals surface area (Å²) in [6.07, 6.45) is 0. The zero-order valence-electron chi connectivity index (χ0n) is 15.6. The molecule has 27 heavy (non-hydrogen) atoms. The van der Waals surface area contributed by atoms with E-state index < -0.39 is 15.9 Å². The highest BCUT2D eigenvalue weighted by atomic mass is 32.2. The molecule has 8 heteroatoms. The van der Waals surface area contributed by atoms with Crippen molar-refractivity contribution in [1.29, 1.82) is 0 Å². The van der Waals surface area contributed by atoms with Crippen molar-refractivity contribution < 1.29 is 21.8 Å². The molecule has 0 radical (unpaired) electrons. The van der Waals surface area contributed by atoms with Gasteiger partial charge in [-0.3, -0.25) is 4.79 Å². The maximum absolute atomic E-state index is 13.0. The second kappa shape index (κ2) is 8.96. The monoisotopic (exact) mass is 394 g/mol. The first-order valence-corrected chi connectivity index (χ1v) is 9.78. The van der Waals surface area contributed by atoms with E-state index in [0.717, 1.165) is 24.3 Å². The standard InChI is InChI=1S/C19H23FN2O4S/c1-15(23)22(13-12-21(2)3)14-16-6-4-5-7-19(16)26-27(24,25)18-10-8-17(20)9-11-18/h4-11H,12-14H2,1-3H3. The fourth-order valence-corrected chi connectivity index (χ4v) is 3.32. The highest BCUT2D eigenvalue weighted by molar-refractivity contribution is 7.87. The summed E-state index contributed by atoms with van der Waals surface area (Å²) in [5.74, 6) is -0.515. The van der Waals surface area contributed by atoms with Gasteiger partial charge in [-0.15, -0.1) is 0 Å². The van der Waals surface area contributed by atoms with Crippen molar-refractivity contribution >= 4 is 16.0 Å². The third-order valence-electron chi connectivity index (χ3n) is 3.90. The second-order valence-corrected chi connectivity index (χ2v) is 7.89. The normalized spacial score (nSPS) is 11.4. The number of nitrogens with zero attached hydrogens (tertiary/aromatic N) is 2. The second-order valence-electron chi connectivity index (χ2n) is 6.34. The van der Waals surface area contributed by atoms with Crippen molar-refractivity contribution in [2.24, 2.45) is 0 Å². The van der Waals surface area contributed by atoms with Crippen LogP contribution in [-0.4, -0.2) is 51.3 Å². The molecule has 0 unspecified atom stereocenters. The molecule has 0 atom stereocenters. The summed E-state index contributed by atoms with van der Waals surface area (Å²) in [7, 11) is -0.298. The van der Waals surface area contributed by atoms with E-state index in [1.165, 1.54) is 13.0 Å². The SMILES string of the molecule is CC(=O)N(CCN(C)C)Cc1ccccc1OS(=O)(=O)c1ccc(F)cc1. The Hall–Kier alpha value is -2.45. The highest BCUT2D eigenvalue weighted by Gasteiger charge is 2.20. The number of hydrogen-bond acceptors (Lipinski definition) is 5. The zero-order valence-corrected chi connectivity index (χ0v) is 16.4. The smallest absolute Gasteiger partial charge is 0.339 e. The van der Waals surface area contributed by atoms with Gasteiger partial charge in [0.1, 0.15) is 16.5 Å². The summed E-state index contributed by atoms with van der Waals surface area (Å²) in [6, 6.07) is 11.0. The van der Waals surface area contributed by atoms with Gasteiger partial charge in [0.25, 0.3) is 0 Å². The minimum absolute atomic E-state index is 0.118. The molecule has 0 aliphatic heterocycles. The minimum atomic E-state index is -4.11. The third kappa shape index (κ3) is 6.04. The quantitative estimate of drug-likeness (QED) is 0.644. The minimum Gasteiger partial charge on any atom is -0.379 e. The lowest BCUT2D eigenvalue weighted by atomic mass is 10.2. The number of benzene rings is 2. The fourth-order valence-electron chi connectivity index (χ4n) is 2.36. The molecule has 0 aliphatic rings. The molecule has 0 fully saturated rings. The van der Waals surface area contributed by atoms with Crippen LogP contribution in [0.5, 0.6) is 5.75 Å². The average Bonchev–Trinajstić information content (AvgIpc) is 2.59. The van der Waals surface area contributed by atoms with Crippen LogP contribution in [0.1, 0.15) is 12.5 Å². The molecular formula is C19H23FN2O4S. The Kier molecular flexibility index (Phi) is 6.92. The van der Waals surface area contributed by atoms with Crippen molar-refractivity contribution in [3.05, 3.63) is 59.9 Å². The summed E-state index contributed by atoms with van der Waals surface area (Å²) >= 11 is 0. The predicted octanol–water partition coefficient (Wildman–Crippen LogP) is 2.50. The van der Waals surface area contributed by atoms with Crippen molar-refractivity contribution in [2.45, 2.75) is 18.4 Å². The van der Waals surface area contributed by atoms with Gasteiger partial charge in [0, 0.05) is 32.1 Å². The van der Waals surface area contributed by atoms with Gasteiger partial charge < -0.3 is 14.0 Å². The van der Waals surface area contributed by atoms with Crippen LogP contribution >= 0.6 is 0 Å². The number of para-hydroxylation sites is 1. The van der Waals surface area contributed by atoms with E-state index in [4.69, 9.17) is 4.18 Å². The lowest BCUT2D eigenvalue weighted by Gasteiger charge is -2.24. The summed E-state index contributed by atoms with van der Waals surface area (Å²) in [5, 5.41) is 0. The van der Waals surface area contributed by atoms with Gasteiger partial charge >= 0.3 is 10.1 Å². The molecule has 0 saturated heterocycles. The van der Waals surface area contributed by atoms with Crippen LogP contribution in [0.2, 0.25) is 0 Å². The molecule has 0 N–H and O–H groups in total. The Morgan fingerprint density at radius 1 is 1.04 bits per heavy atom. The van der Waals surface area contributed by atoms with Gasteiger partial charge in [0.05, 0.1) is 0 Å². The van der Waals surface area contributed by atoms with E-state index in [1.807, 2.05) is 19.0 Å². The molecule has 0 aliphatic carbocycles. The van der Waals surface area contributed by atoms with Crippen LogP contribution < -0.4 is 4.18 Å². The third-order valence-corrected chi connectivity index (χ3v) is 5.15. The number of likely N-dealkylation sites (N-methyl/N-ethyl adjacent to an activating group) is 1. The molecule has 2 rings (SSSR count). The number of halogens is 1. The lowest BCUT2D eigenvalue weighted by Crippen LogP contribution is -2.34. The van der Waals surface area contributed by atoms with E-state index in [0.29, 0.717) is 18.7 Å². The summed E-state index contributed by atoms with van der Waals surface area (Å²) in [6.45, 7) is 2.87. The molecule has 0 heterocycles. The highest BCUT2D eigenvalue weighted by Crippen LogP contribution is 2.24. The number of carbonyl (C=O) groups excluding carboxylic acids is 1. The largest absolute Gasteiger partial charge is 0.379 e. The molecule has 0 spiro atoms. The van der Waals surface area contributed by atoms with Crippen molar-refractivity contribution in [3.8, 4) is 5.75 Å². The van der Waals surface area contributed by atoms with Crippen molar-refractivity contribution in [1.82, 2.24) is 9.80 Å². The van der Waals surface area contributed by atoms with Gasteiger partial charge in [-0.2, -0.15) is 8.42 Å². The fraction of sp³-hybridized carbons (Fsp3) is 0.316. The van der Waals surface area contributed by atoms with Gasteiger partial charge in [0.2, 0.25) is 5.91 Å². The predicted molar refractivity (Wildman–Crippen MR) is 100 cm³/mol. The Labute approximate surface area is 159 Å². The Morgan fingerprint density at radius 3 is 2.26 bits per heavy atom. The molecule has 2 aromatic carbocycles. The van der Waals surface area contributed by atoms with E-state index >= 15 is 0 Å². The summed E-state index contributed by atoms with van der Waals surface area (Å²) < 4.78 is 43.2. The number of rotatable bonds is 8. The molecule has 1 amide bonds. The Bertz CT molecular complexity index is 883. The molecular weight excluding hydrogens is 371 g/mol. The summed E-state index contributed by atoms with van der Waals surface area (Å²) in [4.78, 5) is 15.4. The van der Waals surface area contributed by atoms with Gasteiger partial charge in [-0.25, -0.2) is 4.39 Å². The van der Waals surface area contributed by atoms with Crippen LogP contribution in [-0.2, 0) is 21.5 Å². The van der Waals surface area contributed by atoms with Crippen LogP contribution in [0, 0.1) is 5.82 Å². The van der Waals surface area contributed by atoms with Crippen LogP contribution in [0.25, 0.3) is 0 Å². The van der Waals surface area contributed by atoms with Crippen molar-refractivity contribution in [3.63, 3.8) is 0 Å². The lowest BCUT2D eigenvalue weighted by molar-refractivity contribution is -0.129. The van der Waals surface area contributed by atoms with Crippen LogP contribution in [0.15, 0.2) is 53.4 Å². The van der Waals surface area contributed by atoms with Crippen molar-refractivity contribution in [2.75, 3.05) is 27.2 Å². The number of hydrogen-bond donors (Lipinski definition) is 0. The molecule has 0 bridgehead atoms. The maximum atomic E-state index is 13.0. The summed E-state index contributed by atoms with van der Waals surface area (Å²) in [5.41, 5.74) is 0.567. The van der Waals surface area contributed by atoms with Crippen LogP contribution in [0.3, 0.4) is 0 Å². The van der Waals surface area contributed by atoms with Gasteiger partial charge in [-0.1, -0.05) is 18.2 Å². The first-order valence-electron chi connectivity index (χ1n) is 8.37. The van der Waals surface area contributed by atoms with Gasteiger partial charge in [0.15, 0.2) is 0 Å².